The van der Waals surface area contributed by atoms with E-state index in [1.54, 1.807) is 12.3 Å². The van der Waals surface area contributed by atoms with Gasteiger partial charge in [0.15, 0.2) is 0 Å². The Balaban J connectivity index is 1.55. The fraction of sp³-hybridized carbons (Fsp3) is 0.500. The topological polar surface area (TPSA) is 83.1 Å². The Labute approximate surface area is 147 Å². The molecule has 0 radical (unpaired) electrons. The zero-order chi connectivity index (χ0) is 17.8. The van der Waals surface area contributed by atoms with Crippen LogP contribution in [0.4, 0.5) is 5.82 Å². The molecule has 25 heavy (non-hydrogen) atoms. The first kappa shape index (κ1) is 17.4. The lowest BCUT2D eigenvalue weighted by Crippen LogP contribution is -2.41. The summed E-state index contributed by atoms with van der Waals surface area (Å²) in [7, 11) is 0. The van der Waals surface area contributed by atoms with Gasteiger partial charge in [0.25, 0.3) is 5.91 Å². The highest BCUT2D eigenvalue weighted by atomic mass is 16.5. The van der Waals surface area contributed by atoms with Gasteiger partial charge in [-0.25, -0.2) is 4.98 Å². The van der Waals surface area contributed by atoms with Gasteiger partial charge >= 0.3 is 0 Å². The Hall–Kier alpha value is -2.41. The quantitative estimate of drug-likeness (QED) is 0.868. The lowest BCUT2D eigenvalue weighted by molar-refractivity contribution is 0.0529. The first-order valence-corrected chi connectivity index (χ1v) is 8.68. The van der Waals surface area contributed by atoms with E-state index in [4.69, 9.17) is 4.74 Å². The normalized spacial score (nSPS) is 17.8. The highest BCUT2D eigenvalue weighted by Gasteiger charge is 2.18. The van der Waals surface area contributed by atoms with Crippen LogP contribution >= 0.6 is 0 Å². The summed E-state index contributed by atoms with van der Waals surface area (Å²) in [6.07, 6.45) is 2.03. The molecule has 0 unspecified atom stereocenters. The summed E-state index contributed by atoms with van der Waals surface area (Å²) in [5.41, 5.74) is 2.32. The van der Waals surface area contributed by atoms with Crippen molar-refractivity contribution in [1.82, 2.24) is 20.5 Å². The summed E-state index contributed by atoms with van der Waals surface area (Å²) in [6.45, 7) is 9.02. The van der Waals surface area contributed by atoms with Gasteiger partial charge in [-0.3, -0.25) is 9.89 Å². The smallest absolute Gasteiger partial charge is 0.272 e. The van der Waals surface area contributed by atoms with Crippen molar-refractivity contribution in [2.75, 3.05) is 24.6 Å². The lowest BCUT2D eigenvalue weighted by Gasteiger charge is -2.32. The van der Waals surface area contributed by atoms with E-state index in [-0.39, 0.29) is 12.0 Å². The molecule has 0 aromatic carbocycles. The minimum Gasteiger partial charge on any atom is -0.375 e. The summed E-state index contributed by atoms with van der Waals surface area (Å²) in [5.74, 6) is 1.07. The average molecular weight is 343 g/mol. The van der Waals surface area contributed by atoms with Gasteiger partial charge in [0.1, 0.15) is 11.5 Å². The predicted octanol–water partition coefficient (Wildman–Crippen LogP) is 2.08. The summed E-state index contributed by atoms with van der Waals surface area (Å²) in [6, 6.07) is 5.78. The van der Waals surface area contributed by atoms with Crippen molar-refractivity contribution < 1.29 is 9.53 Å². The molecular weight excluding hydrogens is 318 g/mol. The summed E-state index contributed by atoms with van der Waals surface area (Å²) in [5, 5.41) is 9.83. The van der Waals surface area contributed by atoms with Crippen LogP contribution in [0.3, 0.4) is 0 Å². The minimum absolute atomic E-state index is 0.186. The fourth-order valence-electron chi connectivity index (χ4n) is 2.76. The Kier molecular flexibility index (Phi) is 5.33. The number of hydrogen-bond donors (Lipinski definition) is 2. The van der Waals surface area contributed by atoms with E-state index in [1.165, 1.54) is 0 Å². The average Bonchev–Trinajstić information content (AvgIpc) is 3.11. The molecule has 1 amide bonds. The van der Waals surface area contributed by atoms with Crippen molar-refractivity contribution in [1.29, 1.82) is 0 Å². The second-order valence-corrected chi connectivity index (χ2v) is 6.70. The second-order valence-electron chi connectivity index (χ2n) is 6.70. The van der Waals surface area contributed by atoms with E-state index < -0.39 is 0 Å². The molecule has 0 saturated carbocycles. The van der Waals surface area contributed by atoms with Crippen molar-refractivity contribution in [3.05, 3.63) is 41.3 Å². The van der Waals surface area contributed by atoms with Crippen LogP contribution in [-0.2, 0) is 11.3 Å². The van der Waals surface area contributed by atoms with Crippen LogP contribution in [0.5, 0.6) is 0 Å². The van der Waals surface area contributed by atoms with E-state index >= 15 is 0 Å². The summed E-state index contributed by atoms with van der Waals surface area (Å²) in [4.78, 5) is 18.9. The third-order valence-electron chi connectivity index (χ3n) is 4.28. The Morgan fingerprint density at radius 3 is 2.96 bits per heavy atom. The molecule has 2 N–H and O–H groups in total. The molecule has 1 aliphatic heterocycles. The number of carbonyl (C=O) groups excluding carboxylic acids is 1. The molecular formula is C18H25N5O2. The van der Waals surface area contributed by atoms with Gasteiger partial charge in [-0.2, -0.15) is 5.10 Å². The number of hydrogen-bond acceptors (Lipinski definition) is 5. The number of carbonyl (C=O) groups is 1. The van der Waals surface area contributed by atoms with E-state index in [0.29, 0.717) is 18.2 Å². The molecule has 3 rings (SSSR count). The molecule has 1 aliphatic rings. The first-order chi connectivity index (χ1) is 12.0. The number of pyridine rings is 1. The molecule has 7 nitrogen and oxygen atoms in total. The molecule has 0 spiro atoms. The zero-order valence-electron chi connectivity index (χ0n) is 15.0. The van der Waals surface area contributed by atoms with E-state index in [1.807, 2.05) is 12.1 Å². The number of amides is 1. The largest absolute Gasteiger partial charge is 0.375 e. The number of aromatic amines is 1. The van der Waals surface area contributed by atoms with Crippen LogP contribution in [0, 0.1) is 0 Å². The molecule has 0 aliphatic carbocycles. The number of nitrogens with one attached hydrogen (secondary N) is 2. The van der Waals surface area contributed by atoms with Crippen molar-refractivity contribution in [2.45, 2.75) is 39.3 Å². The third kappa shape index (κ3) is 4.36. The van der Waals surface area contributed by atoms with Crippen LogP contribution in [0.15, 0.2) is 24.4 Å². The highest BCUT2D eigenvalue weighted by Crippen LogP contribution is 2.16. The first-order valence-electron chi connectivity index (χ1n) is 8.68. The number of ether oxygens (including phenoxy) is 1. The molecule has 2 aromatic heterocycles. The monoisotopic (exact) mass is 343 g/mol. The van der Waals surface area contributed by atoms with Gasteiger partial charge < -0.3 is 15.0 Å². The van der Waals surface area contributed by atoms with E-state index in [9.17, 15) is 4.79 Å². The van der Waals surface area contributed by atoms with Crippen molar-refractivity contribution in [3.63, 3.8) is 0 Å². The lowest BCUT2D eigenvalue weighted by atomic mass is 10.1. The molecule has 1 fully saturated rings. The number of rotatable bonds is 5. The molecule has 3 heterocycles. The molecule has 7 heteroatoms. The van der Waals surface area contributed by atoms with Gasteiger partial charge in [0.2, 0.25) is 0 Å². The Morgan fingerprint density at radius 1 is 1.48 bits per heavy atom. The van der Waals surface area contributed by atoms with E-state index in [0.717, 1.165) is 36.8 Å². The zero-order valence-corrected chi connectivity index (χ0v) is 15.0. The molecule has 1 saturated heterocycles. The van der Waals surface area contributed by atoms with Crippen molar-refractivity contribution >= 4 is 11.7 Å². The maximum atomic E-state index is 12.2. The molecule has 2 aromatic rings. The maximum Gasteiger partial charge on any atom is 0.272 e. The number of H-pyrrole nitrogens is 1. The predicted molar refractivity (Wildman–Crippen MR) is 95.7 cm³/mol. The van der Waals surface area contributed by atoms with Crippen LogP contribution in [-0.4, -0.2) is 46.9 Å². The molecule has 0 bridgehead atoms. The maximum absolute atomic E-state index is 12.2. The highest BCUT2D eigenvalue weighted by molar-refractivity contribution is 5.92. The Morgan fingerprint density at radius 2 is 2.32 bits per heavy atom. The third-order valence-corrected chi connectivity index (χ3v) is 4.28. The van der Waals surface area contributed by atoms with Crippen LogP contribution in [0.2, 0.25) is 0 Å². The number of nitrogens with zero attached hydrogens (tertiary/aromatic N) is 3. The number of aromatic nitrogens is 3. The molecule has 1 atom stereocenters. The molecule has 134 valence electrons. The standard InChI is InChI=1S/C18H25N5O2/c1-12(2)15-8-16(22-21-15)18(24)20-10-14-4-5-17(19-9-14)23-6-7-25-13(3)11-23/h4-5,8-9,12-13H,6-7,10-11H2,1-3H3,(H,20,24)(H,21,22)/t13-/m0/s1. The van der Waals surface area contributed by atoms with Crippen molar-refractivity contribution in [2.24, 2.45) is 0 Å². The van der Waals surface area contributed by atoms with Gasteiger partial charge in [0, 0.05) is 31.5 Å². The van der Waals surface area contributed by atoms with E-state index in [2.05, 4.69) is 46.2 Å². The van der Waals surface area contributed by atoms with Crippen LogP contribution < -0.4 is 10.2 Å². The van der Waals surface area contributed by atoms with Gasteiger partial charge in [-0.15, -0.1) is 0 Å². The van der Waals surface area contributed by atoms with Crippen LogP contribution in [0.1, 0.15) is 48.4 Å². The van der Waals surface area contributed by atoms with Gasteiger partial charge in [-0.05, 0) is 30.5 Å². The van der Waals surface area contributed by atoms with Gasteiger partial charge in [-0.1, -0.05) is 19.9 Å². The summed E-state index contributed by atoms with van der Waals surface area (Å²) < 4.78 is 5.55. The number of morpholine rings is 1. The van der Waals surface area contributed by atoms with Crippen LogP contribution in [0.25, 0.3) is 0 Å². The fourth-order valence-corrected chi connectivity index (χ4v) is 2.76. The van der Waals surface area contributed by atoms with Gasteiger partial charge in [0.05, 0.1) is 12.7 Å². The summed E-state index contributed by atoms with van der Waals surface area (Å²) >= 11 is 0. The second kappa shape index (κ2) is 7.65. The SMILES string of the molecule is CC(C)c1cc(C(=O)NCc2ccc(N3CCO[C@@H](C)C3)nc2)n[nH]1. The Bertz CT molecular complexity index is 711. The minimum atomic E-state index is -0.186. The number of anilines is 1. The van der Waals surface area contributed by atoms with Crippen molar-refractivity contribution in [3.8, 4) is 0 Å².